The monoisotopic (exact) mass is 186 g/mol. The van der Waals surface area contributed by atoms with Gasteiger partial charge in [-0.2, -0.15) is 0 Å². The van der Waals surface area contributed by atoms with Crippen LogP contribution in [0.3, 0.4) is 0 Å². The van der Waals surface area contributed by atoms with Crippen LogP contribution in [0.4, 0.5) is 5.69 Å². The van der Waals surface area contributed by atoms with Gasteiger partial charge in [0.05, 0.1) is 0 Å². The van der Waals surface area contributed by atoms with Crippen LogP contribution in [0.2, 0.25) is 0 Å². The highest BCUT2D eigenvalue weighted by atomic mass is 15.0. The van der Waals surface area contributed by atoms with Crippen LogP contribution in [0.1, 0.15) is 12.8 Å². The summed E-state index contributed by atoms with van der Waals surface area (Å²) in [7, 11) is 2.08. The zero-order valence-corrected chi connectivity index (χ0v) is 8.33. The van der Waals surface area contributed by atoms with E-state index in [4.69, 9.17) is 0 Å². The fourth-order valence-electron chi connectivity index (χ4n) is 1.83. The van der Waals surface area contributed by atoms with Gasteiger partial charge in [-0.3, -0.25) is 0 Å². The van der Waals surface area contributed by atoms with E-state index in [0.717, 1.165) is 6.04 Å². The van der Waals surface area contributed by atoms with Gasteiger partial charge in [0.25, 0.3) is 0 Å². The standard InChI is InChI=1S/C12H14N2/c1-14-7-6-9-8-11(4-5-12(9)14)13-10-2-3-10/h4-8,10,13H,2-3H2,1H3. The molecule has 1 aliphatic rings. The van der Waals surface area contributed by atoms with Crippen molar-refractivity contribution >= 4 is 16.6 Å². The Kier molecular flexibility index (Phi) is 1.57. The molecule has 1 fully saturated rings. The van der Waals surface area contributed by atoms with Crippen LogP contribution in [0, 0.1) is 0 Å². The van der Waals surface area contributed by atoms with E-state index in [-0.39, 0.29) is 0 Å². The predicted octanol–water partition coefficient (Wildman–Crippen LogP) is 2.75. The minimum absolute atomic E-state index is 0.733. The molecule has 0 bridgehead atoms. The fourth-order valence-corrected chi connectivity index (χ4v) is 1.83. The normalized spacial score (nSPS) is 16.1. The van der Waals surface area contributed by atoms with Crippen LogP contribution in [0.25, 0.3) is 10.9 Å². The second-order valence-corrected chi connectivity index (χ2v) is 4.12. The van der Waals surface area contributed by atoms with Crippen LogP contribution in [-0.4, -0.2) is 10.6 Å². The molecule has 2 aromatic rings. The zero-order valence-electron chi connectivity index (χ0n) is 8.33. The SMILES string of the molecule is Cn1ccc2cc(NC3CC3)ccc21. The second-order valence-electron chi connectivity index (χ2n) is 4.12. The van der Waals surface area contributed by atoms with Gasteiger partial charge >= 0.3 is 0 Å². The van der Waals surface area contributed by atoms with Crippen LogP contribution >= 0.6 is 0 Å². The first kappa shape index (κ1) is 7.92. The van der Waals surface area contributed by atoms with Gasteiger partial charge in [-0.05, 0) is 37.1 Å². The molecule has 1 heterocycles. The van der Waals surface area contributed by atoms with E-state index in [1.807, 2.05) is 0 Å². The number of hydrogen-bond acceptors (Lipinski definition) is 1. The third-order valence-electron chi connectivity index (χ3n) is 2.83. The van der Waals surface area contributed by atoms with Crippen molar-refractivity contribution in [3.05, 3.63) is 30.5 Å². The topological polar surface area (TPSA) is 17.0 Å². The van der Waals surface area contributed by atoms with E-state index in [9.17, 15) is 0 Å². The Morgan fingerprint density at radius 2 is 2.14 bits per heavy atom. The molecule has 72 valence electrons. The zero-order chi connectivity index (χ0) is 9.54. The molecule has 1 aliphatic carbocycles. The lowest BCUT2D eigenvalue weighted by molar-refractivity contribution is 0.969. The molecule has 3 rings (SSSR count). The smallest absolute Gasteiger partial charge is 0.0479 e. The van der Waals surface area contributed by atoms with Gasteiger partial charge in [0.15, 0.2) is 0 Å². The van der Waals surface area contributed by atoms with Crippen molar-refractivity contribution < 1.29 is 0 Å². The molecule has 0 spiro atoms. The third-order valence-corrected chi connectivity index (χ3v) is 2.83. The maximum Gasteiger partial charge on any atom is 0.0479 e. The lowest BCUT2D eigenvalue weighted by Gasteiger charge is -2.04. The van der Waals surface area contributed by atoms with E-state index in [1.165, 1.54) is 29.4 Å². The van der Waals surface area contributed by atoms with Crippen molar-refractivity contribution in [1.82, 2.24) is 4.57 Å². The van der Waals surface area contributed by atoms with Gasteiger partial charge in [0.1, 0.15) is 0 Å². The summed E-state index contributed by atoms with van der Waals surface area (Å²) in [6, 6.07) is 9.47. The molecule has 0 atom stereocenters. The van der Waals surface area contributed by atoms with E-state index < -0.39 is 0 Å². The van der Waals surface area contributed by atoms with Gasteiger partial charge in [-0.1, -0.05) is 0 Å². The molecule has 2 heteroatoms. The Morgan fingerprint density at radius 1 is 1.29 bits per heavy atom. The molecule has 1 aromatic heterocycles. The van der Waals surface area contributed by atoms with Crippen molar-refractivity contribution in [2.75, 3.05) is 5.32 Å². The summed E-state index contributed by atoms with van der Waals surface area (Å²) in [4.78, 5) is 0. The Morgan fingerprint density at radius 3 is 2.93 bits per heavy atom. The minimum Gasteiger partial charge on any atom is -0.382 e. The molecule has 2 nitrogen and oxygen atoms in total. The van der Waals surface area contributed by atoms with Gasteiger partial charge in [-0.25, -0.2) is 0 Å². The first-order valence-corrected chi connectivity index (χ1v) is 5.14. The van der Waals surface area contributed by atoms with Crippen molar-refractivity contribution in [3.63, 3.8) is 0 Å². The maximum absolute atomic E-state index is 3.51. The van der Waals surface area contributed by atoms with Crippen molar-refractivity contribution in [3.8, 4) is 0 Å². The number of nitrogens with zero attached hydrogens (tertiary/aromatic N) is 1. The summed E-state index contributed by atoms with van der Waals surface area (Å²) >= 11 is 0. The Bertz CT molecular complexity index is 466. The second kappa shape index (κ2) is 2.77. The number of aromatic nitrogens is 1. The molecule has 1 saturated carbocycles. The van der Waals surface area contributed by atoms with Crippen molar-refractivity contribution in [2.24, 2.45) is 7.05 Å². The summed E-state index contributed by atoms with van der Waals surface area (Å²) < 4.78 is 2.15. The number of anilines is 1. The van der Waals surface area contributed by atoms with E-state index in [0.29, 0.717) is 0 Å². The number of nitrogens with one attached hydrogen (secondary N) is 1. The minimum atomic E-state index is 0.733. The Balaban J connectivity index is 2.01. The average molecular weight is 186 g/mol. The van der Waals surface area contributed by atoms with Crippen LogP contribution in [0.5, 0.6) is 0 Å². The van der Waals surface area contributed by atoms with E-state index >= 15 is 0 Å². The van der Waals surface area contributed by atoms with Crippen molar-refractivity contribution in [1.29, 1.82) is 0 Å². The predicted molar refractivity (Wildman–Crippen MR) is 59.6 cm³/mol. The molecule has 0 aliphatic heterocycles. The molecule has 1 N–H and O–H groups in total. The number of benzene rings is 1. The summed E-state index contributed by atoms with van der Waals surface area (Å²) in [5.41, 5.74) is 2.55. The quantitative estimate of drug-likeness (QED) is 0.763. The highest BCUT2D eigenvalue weighted by Gasteiger charge is 2.20. The molecule has 0 radical (unpaired) electrons. The molecule has 14 heavy (non-hydrogen) atoms. The Hall–Kier alpha value is -1.44. The lowest BCUT2D eigenvalue weighted by Crippen LogP contribution is -2.00. The lowest BCUT2D eigenvalue weighted by atomic mass is 10.2. The molecule has 0 unspecified atom stereocenters. The molecular formula is C12H14N2. The number of fused-ring (bicyclic) bond motifs is 1. The summed E-state index contributed by atoms with van der Waals surface area (Å²) in [6.45, 7) is 0. The third kappa shape index (κ3) is 1.27. The largest absolute Gasteiger partial charge is 0.382 e. The molecule has 1 aromatic carbocycles. The number of hydrogen-bond donors (Lipinski definition) is 1. The van der Waals surface area contributed by atoms with E-state index in [1.54, 1.807) is 0 Å². The molecule has 0 amide bonds. The van der Waals surface area contributed by atoms with Gasteiger partial charge in [0.2, 0.25) is 0 Å². The summed E-state index contributed by atoms with van der Waals surface area (Å²) in [6.07, 6.45) is 4.76. The highest BCUT2D eigenvalue weighted by Crippen LogP contribution is 2.26. The van der Waals surface area contributed by atoms with Crippen LogP contribution < -0.4 is 5.32 Å². The number of rotatable bonds is 2. The first-order valence-electron chi connectivity index (χ1n) is 5.14. The van der Waals surface area contributed by atoms with Crippen LogP contribution in [0.15, 0.2) is 30.5 Å². The first-order chi connectivity index (χ1) is 6.83. The van der Waals surface area contributed by atoms with Crippen LogP contribution in [-0.2, 0) is 7.05 Å². The highest BCUT2D eigenvalue weighted by molar-refractivity contribution is 5.83. The summed E-state index contributed by atoms with van der Waals surface area (Å²) in [5, 5.41) is 4.83. The Labute approximate surface area is 83.5 Å². The maximum atomic E-state index is 3.51. The summed E-state index contributed by atoms with van der Waals surface area (Å²) in [5.74, 6) is 0. The number of aryl methyl sites for hydroxylation is 1. The van der Waals surface area contributed by atoms with Gasteiger partial charge in [0, 0.05) is 35.9 Å². The molecular weight excluding hydrogens is 172 g/mol. The van der Waals surface area contributed by atoms with Crippen molar-refractivity contribution in [2.45, 2.75) is 18.9 Å². The average Bonchev–Trinajstić information content (AvgIpc) is 2.92. The molecule has 0 saturated heterocycles. The van der Waals surface area contributed by atoms with Gasteiger partial charge in [-0.15, -0.1) is 0 Å². The van der Waals surface area contributed by atoms with Gasteiger partial charge < -0.3 is 9.88 Å². The van der Waals surface area contributed by atoms with E-state index in [2.05, 4.69) is 47.4 Å². The fraction of sp³-hybridized carbons (Fsp3) is 0.333.